The maximum absolute atomic E-state index is 5.75. The number of fused-ring (bicyclic) bond motifs is 1. The third-order valence-corrected chi connectivity index (χ3v) is 4.06. The summed E-state index contributed by atoms with van der Waals surface area (Å²) >= 11 is 6.57. The number of H-pyrrole nitrogens is 1. The maximum Gasteiger partial charge on any atom is 0.200 e. The van der Waals surface area contributed by atoms with Crippen LogP contribution in [0.5, 0.6) is 0 Å². The summed E-state index contributed by atoms with van der Waals surface area (Å²) in [4.78, 5) is 13.8. The molecule has 0 aromatic carbocycles. The Morgan fingerprint density at radius 3 is 2.89 bits per heavy atom. The largest absolute Gasteiger partial charge is 0.375 e. The predicted molar refractivity (Wildman–Crippen MR) is 79.8 cm³/mol. The van der Waals surface area contributed by atoms with E-state index in [1.165, 1.54) is 11.3 Å². The van der Waals surface area contributed by atoms with Crippen molar-refractivity contribution < 1.29 is 0 Å². The zero-order valence-corrected chi connectivity index (χ0v) is 12.4. The minimum atomic E-state index is 0.408. The van der Waals surface area contributed by atoms with E-state index >= 15 is 0 Å². The Kier molecular flexibility index (Phi) is 3.82. The van der Waals surface area contributed by atoms with Gasteiger partial charge in [0.05, 0.1) is 0 Å². The highest BCUT2D eigenvalue weighted by Gasteiger charge is 2.16. The van der Waals surface area contributed by atoms with Crippen LogP contribution in [0.2, 0.25) is 0 Å². The van der Waals surface area contributed by atoms with Crippen molar-refractivity contribution in [2.45, 2.75) is 32.7 Å². The summed E-state index contributed by atoms with van der Waals surface area (Å²) in [6.45, 7) is 4.36. The topological polar surface area (TPSA) is 70.8 Å². The summed E-state index contributed by atoms with van der Waals surface area (Å²) in [6, 6.07) is 0.408. The second-order valence-corrected chi connectivity index (χ2v) is 5.76. The van der Waals surface area contributed by atoms with Crippen LogP contribution in [0.1, 0.15) is 26.7 Å². The van der Waals surface area contributed by atoms with Crippen LogP contribution in [0.4, 0.5) is 10.9 Å². The van der Waals surface area contributed by atoms with Gasteiger partial charge in [0.1, 0.15) is 4.70 Å². The number of hydrogen-bond acceptors (Lipinski definition) is 6. The number of nitrogens with two attached hydrogens (primary N) is 1. The number of nitrogen functional groups attached to an aromatic ring is 1. The fourth-order valence-corrected chi connectivity index (χ4v) is 2.91. The molecular formula is C11H17N5S2. The van der Waals surface area contributed by atoms with Gasteiger partial charge in [0.2, 0.25) is 0 Å². The van der Waals surface area contributed by atoms with E-state index in [0.29, 0.717) is 15.9 Å². The summed E-state index contributed by atoms with van der Waals surface area (Å²) < 4.78 is 1.41. The molecule has 5 nitrogen and oxygen atoms in total. The highest BCUT2D eigenvalue weighted by atomic mass is 32.1. The van der Waals surface area contributed by atoms with Crippen LogP contribution in [0.15, 0.2) is 0 Å². The number of nitrogens with zero attached hydrogens (tertiary/aromatic N) is 3. The molecule has 2 aromatic heterocycles. The van der Waals surface area contributed by atoms with Gasteiger partial charge in [0.25, 0.3) is 0 Å². The van der Waals surface area contributed by atoms with Crippen molar-refractivity contribution in [2.75, 3.05) is 17.7 Å². The van der Waals surface area contributed by atoms with Gasteiger partial charge in [-0.1, -0.05) is 24.7 Å². The van der Waals surface area contributed by atoms with Crippen LogP contribution < -0.4 is 10.6 Å². The summed E-state index contributed by atoms with van der Waals surface area (Å²) in [5.74, 6) is 0.865. The van der Waals surface area contributed by atoms with Crippen LogP contribution in [0, 0.1) is 4.77 Å². The van der Waals surface area contributed by atoms with Gasteiger partial charge < -0.3 is 15.6 Å². The lowest BCUT2D eigenvalue weighted by molar-refractivity contribution is 0.612. The summed E-state index contributed by atoms with van der Waals surface area (Å²) in [5, 5.41) is 0.529. The van der Waals surface area contributed by atoms with E-state index in [2.05, 4.69) is 33.7 Å². The van der Waals surface area contributed by atoms with E-state index in [4.69, 9.17) is 18.0 Å². The van der Waals surface area contributed by atoms with Gasteiger partial charge >= 0.3 is 0 Å². The Balaban J connectivity index is 2.52. The molecule has 0 fully saturated rings. The van der Waals surface area contributed by atoms with Crippen molar-refractivity contribution in [1.82, 2.24) is 15.0 Å². The molecule has 0 amide bonds. The second kappa shape index (κ2) is 5.19. The van der Waals surface area contributed by atoms with E-state index in [0.717, 1.165) is 29.0 Å². The average molecular weight is 283 g/mol. The highest BCUT2D eigenvalue weighted by Crippen LogP contribution is 2.30. The normalized spacial score (nSPS) is 12.8. The van der Waals surface area contributed by atoms with Crippen LogP contribution in [0.3, 0.4) is 0 Å². The van der Waals surface area contributed by atoms with Crippen molar-refractivity contribution in [3.63, 3.8) is 0 Å². The Labute approximate surface area is 115 Å². The monoisotopic (exact) mass is 283 g/mol. The molecule has 0 saturated heterocycles. The second-order valence-electron chi connectivity index (χ2n) is 4.34. The number of rotatable bonds is 4. The number of anilines is 2. The maximum atomic E-state index is 5.75. The minimum Gasteiger partial charge on any atom is -0.375 e. The molecule has 0 bridgehead atoms. The molecular weight excluding hydrogens is 266 g/mol. The van der Waals surface area contributed by atoms with E-state index in [1.807, 2.05) is 7.05 Å². The van der Waals surface area contributed by atoms with E-state index in [9.17, 15) is 0 Å². The highest BCUT2D eigenvalue weighted by molar-refractivity contribution is 7.71. The van der Waals surface area contributed by atoms with Gasteiger partial charge in [-0.15, -0.1) is 0 Å². The Hall–Kier alpha value is -1.21. The fourth-order valence-electron chi connectivity index (χ4n) is 1.91. The lowest BCUT2D eigenvalue weighted by Gasteiger charge is -2.25. The molecule has 0 aliphatic carbocycles. The van der Waals surface area contributed by atoms with Crippen molar-refractivity contribution in [2.24, 2.45) is 0 Å². The third-order valence-electron chi connectivity index (χ3n) is 2.98. The van der Waals surface area contributed by atoms with Crippen molar-refractivity contribution in [1.29, 1.82) is 0 Å². The van der Waals surface area contributed by atoms with Crippen LogP contribution >= 0.6 is 23.6 Å². The first-order valence-electron chi connectivity index (χ1n) is 5.92. The first kappa shape index (κ1) is 13.2. The van der Waals surface area contributed by atoms with Gasteiger partial charge in [0.15, 0.2) is 21.4 Å². The van der Waals surface area contributed by atoms with Gasteiger partial charge in [-0.3, -0.25) is 0 Å². The quantitative estimate of drug-likeness (QED) is 0.844. The number of hydrogen-bond donors (Lipinski definition) is 2. The SMILES string of the molecule is CCC[C@@H](C)N(C)c1nc(=S)[nH]c2nc(N)sc12. The van der Waals surface area contributed by atoms with E-state index in [1.54, 1.807) is 0 Å². The van der Waals surface area contributed by atoms with Gasteiger partial charge in [0, 0.05) is 13.1 Å². The zero-order valence-electron chi connectivity index (χ0n) is 10.7. The Morgan fingerprint density at radius 1 is 1.50 bits per heavy atom. The molecule has 0 aliphatic heterocycles. The third kappa shape index (κ3) is 2.46. The predicted octanol–water partition coefficient (Wildman–Crippen LogP) is 2.96. The molecule has 0 unspecified atom stereocenters. The Bertz CT molecular complexity index is 603. The molecule has 2 heterocycles. The number of thiazole rings is 1. The Morgan fingerprint density at radius 2 is 2.22 bits per heavy atom. The zero-order chi connectivity index (χ0) is 13.3. The van der Waals surface area contributed by atoms with Gasteiger partial charge in [-0.2, -0.15) is 0 Å². The summed E-state index contributed by atoms with van der Waals surface area (Å²) in [6.07, 6.45) is 2.25. The van der Waals surface area contributed by atoms with Gasteiger partial charge in [-0.25, -0.2) is 9.97 Å². The first-order valence-corrected chi connectivity index (χ1v) is 7.14. The lowest BCUT2D eigenvalue weighted by atomic mass is 10.2. The van der Waals surface area contributed by atoms with Crippen molar-refractivity contribution in [3.05, 3.63) is 4.77 Å². The smallest absolute Gasteiger partial charge is 0.200 e. The first-order chi connectivity index (χ1) is 8.52. The summed E-state index contributed by atoms with van der Waals surface area (Å²) in [7, 11) is 2.03. The standard InChI is InChI=1S/C11H17N5S2/c1-4-5-6(2)16(3)9-7-8(13-10(12)18-7)14-11(17)15-9/h6H,4-5H2,1-3H3,(H3,12,13,14,15,17)/t6-/m1/s1. The molecule has 2 aromatic rings. The van der Waals surface area contributed by atoms with Crippen molar-refractivity contribution in [3.8, 4) is 0 Å². The molecule has 7 heteroatoms. The fraction of sp³-hybridized carbons (Fsp3) is 0.545. The number of nitrogens with one attached hydrogen (secondary N) is 1. The van der Waals surface area contributed by atoms with E-state index in [-0.39, 0.29) is 0 Å². The summed E-state index contributed by atoms with van der Waals surface area (Å²) in [5.41, 5.74) is 6.48. The minimum absolute atomic E-state index is 0.408. The van der Waals surface area contributed by atoms with Crippen molar-refractivity contribution >= 4 is 44.9 Å². The number of aromatic amines is 1. The van der Waals surface area contributed by atoms with Crippen LogP contribution in [0.25, 0.3) is 10.3 Å². The number of aromatic nitrogens is 3. The molecule has 3 N–H and O–H groups in total. The molecule has 2 rings (SSSR count). The lowest BCUT2D eigenvalue weighted by Crippen LogP contribution is -2.29. The molecule has 18 heavy (non-hydrogen) atoms. The average Bonchev–Trinajstić information content (AvgIpc) is 2.67. The molecule has 98 valence electrons. The van der Waals surface area contributed by atoms with E-state index < -0.39 is 0 Å². The van der Waals surface area contributed by atoms with Crippen LogP contribution in [-0.4, -0.2) is 28.0 Å². The molecule has 0 spiro atoms. The molecule has 1 atom stereocenters. The van der Waals surface area contributed by atoms with Crippen LogP contribution in [-0.2, 0) is 0 Å². The van der Waals surface area contributed by atoms with Gasteiger partial charge in [-0.05, 0) is 25.6 Å². The molecule has 0 aliphatic rings. The molecule has 0 saturated carbocycles. The molecule has 0 radical (unpaired) electrons.